The van der Waals surface area contributed by atoms with Gasteiger partial charge < -0.3 is 34.3 Å². The summed E-state index contributed by atoms with van der Waals surface area (Å²) in [5, 5.41) is 34.6. The Kier molecular flexibility index (Phi) is 6.04. The molecule has 0 radical (unpaired) electrons. The van der Waals surface area contributed by atoms with Crippen molar-refractivity contribution in [1.82, 2.24) is 0 Å². The van der Waals surface area contributed by atoms with E-state index in [4.69, 9.17) is 18.9 Å². The summed E-state index contributed by atoms with van der Waals surface area (Å²) in [7, 11) is 0. The SMILES string of the molecule is CC(=O)[C@@]12CCC=CC(=O)O[C@@H]3C[C@H]4O[C@@H]5[C@@H]6C[C@@]4(O)[C@@]3(C)[C@]5(CC[C@]6(C)O)COC(=O)C=C(CCO1)[C@@H]2O. The van der Waals surface area contributed by atoms with Crippen LogP contribution < -0.4 is 0 Å². The molecule has 7 rings (SSSR count). The third kappa shape index (κ3) is 3.48. The van der Waals surface area contributed by atoms with E-state index in [2.05, 4.69) is 0 Å². The second kappa shape index (κ2) is 8.69. The number of Topliss-reactive ketones (excluding diaryl/α,β-unsaturated/α-hetero) is 1. The Labute approximate surface area is 227 Å². The summed E-state index contributed by atoms with van der Waals surface area (Å²) in [6.45, 7) is 5.02. The van der Waals surface area contributed by atoms with Gasteiger partial charge in [-0.1, -0.05) is 13.0 Å². The zero-order chi connectivity index (χ0) is 28.0. The van der Waals surface area contributed by atoms with Crippen molar-refractivity contribution in [2.75, 3.05) is 13.2 Å². The zero-order valence-electron chi connectivity index (χ0n) is 22.7. The molecular weight excluding hydrogens is 508 g/mol. The number of aliphatic hydroxyl groups excluding tert-OH is 1. The molecular formula is C29H38O10. The lowest BCUT2D eigenvalue weighted by atomic mass is 9.40. The Hall–Kier alpha value is -2.11. The highest BCUT2D eigenvalue weighted by atomic mass is 16.6. The molecule has 10 heteroatoms. The molecule has 3 N–H and O–H groups in total. The molecule has 0 amide bonds. The second-order valence-electron chi connectivity index (χ2n) is 12.9. The van der Waals surface area contributed by atoms with Gasteiger partial charge in [0.25, 0.3) is 0 Å². The lowest BCUT2D eigenvalue weighted by Crippen LogP contribution is -2.80. The maximum absolute atomic E-state index is 13.2. The topological polar surface area (TPSA) is 149 Å². The first-order valence-corrected chi connectivity index (χ1v) is 14.0. The average Bonchev–Trinajstić information content (AvgIpc) is 3.02. The summed E-state index contributed by atoms with van der Waals surface area (Å²) < 4.78 is 24.1. The van der Waals surface area contributed by atoms with E-state index in [0.717, 1.165) is 0 Å². The number of aliphatic hydroxyl groups is 3. The number of rotatable bonds is 1. The van der Waals surface area contributed by atoms with Crippen molar-refractivity contribution in [3.8, 4) is 0 Å². The first-order chi connectivity index (χ1) is 18.3. The normalized spacial score (nSPS) is 51.1. The van der Waals surface area contributed by atoms with E-state index < -0.39 is 64.0 Å². The summed E-state index contributed by atoms with van der Waals surface area (Å²) in [5.74, 6) is -2.02. The van der Waals surface area contributed by atoms with Crippen molar-refractivity contribution in [3.63, 3.8) is 0 Å². The van der Waals surface area contributed by atoms with Crippen LogP contribution in [-0.2, 0) is 33.3 Å². The van der Waals surface area contributed by atoms with Gasteiger partial charge >= 0.3 is 11.9 Å². The Morgan fingerprint density at radius 1 is 1.08 bits per heavy atom. The monoisotopic (exact) mass is 546 g/mol. The smallest absolute Gasteiger partial charge is 0.330 e. The van der Waals surface area contributed by atoms with Crippen LogP contribution >= 0.6 is 0 Å². The number of carbonyl (C=O) groups excluding carboxylic acids is 3. The molecule has 0 aromatic heterocycles. The van der Waals surface area contributed by atoms with Crippen LogP contribution in [0.2, 0.25) is 0 Å². The minimum absolute atomic E-state index is 0.114. The largest absolute Gasteiger partial charge is 0.462 e. The van der Waals surface area contributed by atoms with Crippen LogP contribution in [0.3, 0.4) is 0 Å². The Morgan fingerprint density at radius 3 is 2.59 bits per heavy atom. The fourth-order valence-corrected chi connectivity index (χ4v) is 8.85. The van der Waals surface area contributed by atoms with Crippen molar-refractivity contribution in [2.45, 2.75) is 107 Å². The quantitative estimate of drug-likeness (QED) is 0.411. The second-order valence-corrected chi connectivity index (χ2v) is 12.9. The number of fused-ring (bicyclic) bond motifs is 2. The minimum atomic E-state index is -1.53. The summed E-state index contributed by atoms with van der Waals surface area (Å²) in [6.07, 6.45) is 3.04. The van der Waals surface area contributed by atoms with Crippen LogP contribution in [0.5, 0.6) is 0 Å². The Balaban J connectivity index is 1.42. The molecule has 4 aliphatic heterocycles. The van der Waals surface area contributed by atoms with E-state index in [9.17, 15) is 29.7 Å². The summed E-state index contributed by atoms with van der Waals surface area (Å²) in [4.78, 5) is 38.9. The molecule has 3 aliphatic carbocycles. The van der Waals surface area contributed by atoms with Crippen LogP contribution in [0, 0.1) is 16.7 Å². The van der Waals surface area contributed by atoms with Gasteiger partial charge in [-0.05, 0) is 57.9 Å². The predicted octanol–water partition coefficient (Wildman–Crippen LogP) is 1.29. The number of allylic oxidation sites excluding steroid dienone is 1. The van der Waals surface area contributed by atoms with Crippen LogP contribution in [0.1, 0.15) is 65.7 Å². The third-order valence-electron chi connectivity index (χ3n) is 11.3. The van der Waals surface area contributed by atoms with Crippen molar-refractivity contribution in [3.05, 3.63) is 23.8 Å². The molecule has 4 heterocycles. The van der Waals surface area contributed by atoms with Gasteiger partial charge in [0.1, 0.15) is 24.4 Å². The van der Waals surface area contributed by atoms with Crippen molar-refractivity contribution >= 4 is 17.7 Å². The minimum Gasteiger partial charge on any atom is -0.462 e. The van der Waals surface area contributed by atoms with E-state index in [1.54, 1.807) is 13.0 Å². The molecule has 3 saturated heterocycles. The average molecular weight is 547 g/mol. The number of ketones is 1. The van der Waals surface area contributed by atoms with Crippen molar-refractivity contribution in [2.24, 2.45) is 16.7 Å². The summed E-state index contributed by atoms with van der Waals surface area (Å²) in [5.41, 5.74) is -5.55. The molecule has 7 aliphatic rings. The molecule has 6 fully saturated rings. The molecule has 0 unspecified atom stereocenters. The van der Waals surface area contributed by atoms with Gasteiger partial charge in [-0.25, -0.2) is 9.59 Å². The molecule has 214 valence electrons. The molecule has 0 aromatic carbocycles. The molecule has 8 bridgehead atoms. The van der Waals surface area contributed by atoms with Gasteiger partial charge in [0.15, 0.2) is 11.4 Å². The summed E-state index contributed by atoms with van der Waals surface area (Å²) in [6, 6.07) is 0. The van der Waals surface area contributed by atoms with Gasteiger partial charge in [-0.2, -0.15) is 0 Å². The first kappa shape index (κ1) is 27.1. The number of hydrogen-bond acceptors (Lipinski definition) is 10. The standard InChI is InChI=1S/C29H38O10/c1-16(30)28-8-5-4-6-21(31)38-19-13-20-29(35)14-18-24(39-20)27(26(19,29)3,10-9-25(18,2)34)15-36-22(32)12-17(23(28)33)7-11-37-28/h4,6,12,18-20,23-24,33-35H,5,7-11,13-15H2,1-3H3/t18-,19+,20+,23-,24+,25-,26+,27+,28+,29-/m0/s1. The van der Waals surface area contributed by atoms with E-state index in [1.807, 2.05) is 6.92 Å². The molecule has 3 saturated carbocycles. The van der Waals surface area contributed by atoms with E-state index in [1.165, 1.54) is 19.1 Å². The van der Waals surface area contributed by atoms with Crippen LogP contribution in [-0.4, -0.2) is 87.5 Å². The van der Waals surface area contributed by atoms with E-state index in [-0.39, 0.29) is 44.2 Å². The molecule has 0 aromatic rings. The highest BCUT2D eigenvalue weighted by Crippen LogP contribution is 2.74. The Bertz CT molecular complexity index is 1160. The molecule has 1 spiro atoms. The van der Waals surface area contributed by atoms with E-state index in [0.29, 0.717) is 31.3 Å². The van der Waals surface area contributed by atoms with Gasteiger partial charge in [-0.15, -0.1) is 0 Å². The lowest BCUT2D eigenvalue weighted by molar-refractivity contribution is -0.377. The fourth-order valence-electron chi connectivity index (χ4n) is 8.85. The highest BCUT2D eigenvalue weighted by molar-refractivity contribution is 5.88. The lowest BCUT2D eigenvalue weighted by Gasteiger charge is -2.71. The van der Waals surface area contributed by atoms with Gasteiger partial charge in [0, 0.05) is 35.3 Å². The van der Waals surface area contributed by atoms with Gasteiger partial charge in [-0.3, -0.25) is 4.79 Å². The van der Waals surface area contributed by atoms with Gasteiger partial charge in [0.2, 0.25) is 0 Å². The maximum Gasteiger partial charge on any atom is 0.330 e. The molecule has 10 nitrogen and oxygen atoms in total. The fraction of sp³-hybridized carbons (Fsp3) is 0.759. The van der Waals surface area contributed by atoms with Crippen LogP contribution in [0.4, 0.5) is 0 Å². The number of hydrogen-bond donors (Lipinski definition) is 3. The highest BCUT2D eigenvalue weighted by Gasteiger charge is 2.83. The maximum atomic E-state index is 13.2. The van der Waals surface area contributed by atoms with E-state index >= 15 is 0 Å². The zero-order valence-corrected chi connectivity index (χ0v) is 22.7. The third-order valence-corrected chi connectivity index (χ3v) is 11.3. The van der Waals surface area contributed by atoms with Gasteiger partial charge in [0.05, 0.1) is 24.4 Å². The van der Waals surface area contributed by atoms with Crippen molar-refractivity contribution in [1.29, 1.82) is 0 Å². The van der Waals surface area contributed by atoms with Crippen LogP contribution in [0.15, 0.2) is 23.8 Å². The predicted molar refractivity (Wildman–Crippen MR) is 134 cm³/mol. The molecule has 10 atom stereocenters. The number of carbonyl (C=O) groups is 3. The first-order valence-electron chi connectivity index (χ1n) is 14.0. The summed E-state index contributed by atoms with van der Waals surface area (Å²) >= 11 is 0. The van der Waals surface area contributed by atoms with Crippen molar-refractivity contribution < 1.29 is 48.7 Å². The Morgan fingerprint density at radius 2 is 1.85 bits per heavy atom. The number of cyclic esters (lactones) is 1. The number of esters is 2. The molecule has 39 heavy (non-hydrogen) atoms. The van der Waals surface area contributed by atoms with Crippen LogP contribution in [0.25, 0.3) is 0 Å². The number of ether oxygens (including phenoxy) is 4.